The van der Waals surface area contributed by atoms with Gasteiger partial charge in [-0.25, -0.2) is 0 Å². The van der Waals surface area contributed by atoms with Gasteiger partial charge in [-0.2, -0.15) is 12.6 Å². The fourth-order valence-corrected chi connectivity index (χ4v) is 4.34. The summed E-state index contributed by atoms with van der Waals surface area (Å²) in [4.78, 5) is 15.5. The SMILES string of the molecule is Cc1cccc(C(=O)N2CCN[C@@](N)(Cc3ccccc3)C2CCCS)c1C. The smallest absolute Gasteiger partial charge is 0.254 e. The second-order valence-corrected chi connectivity index (χ2v) is 8.20. The number of piperazine rings is 1. The minimum atomic E-state index is -0.657. The molecule has 0 aliphatic carbocycles. The van der Waals surface area contributed by atoms with Crippen molar-refractivity contribution < 1.29 is 4.79 Å². The van der Waals surface area contributed by atoms with Crippen molar-refractivity contribution in [3.63, 3.8) is 0 Å². The van der Waals surface area contributed by atoms with E-state index in [2.05, 4.69) is 30.1 Å². The molecule has 2 atom stereocenters. The minimum absolute atomic E-state index is 0.0785. The monoisotopic (exact) mass is 397 g/mol. The number of nitrogens with zero attached hydrogens (tertiary/aromatic N) is 1. The van der Waals surface area contributed by atoms with E-state index in [-0.39, 0.29) is 11.9 Å². The zero-order valence-corrected chi connectivity index (χ0v) is 17.7. The molecule has 2 aromatic carbocycles. The van der Waals surface area contributed by atoms with Crippen molar-refractivity contribution in [1.29, 1.82) is 0 Å². The van der Waals surface area contributed by atoms with E-state index in [0.717, 1.165) is 35.3 Å². The number of nitrogens with one attached hydrogen (secondary N) is 1. The summed E-state index contributed by atoms with van der Waals surface area (Å²) < 4.78 is 0. The number of aryl methyl sites for hydroxylation is 1. The number of hydrogen-bond donors (Lipinski definition) is 3. The number of amides is 1. The molecule has 0 saturated carbocycles. The highest BCUT2D eigenvalue weighted by Gasteiger charge is 2.43. The van der Waals surface area contributed by atoms with Crippen LogP contribution in [-0.4, -0.2) is 41.4 Å². The molecular formula is C23H31N3OS. The van der Waals surface area contributed by atoms with Crippen molar-refractivity contribution in [2.45, 2.75) is 44.8 Å². The van der Waals surface area contributed by atoms with Crippen LogP contribution in [0.3, 0.4) is 0 Å². The molecule has 28 heavy (non-hydrogen) atoms. The average Bonchev–Trinajstić information content (AvgIpc) is 2.69. The van der Waals surface area contributed by atoms with Crippen molar-refractivity contribution in [3.8, 4) is 0 Å². The lowest BCUT2D eigenvalue weighted by atomic mass is 9.86. The predicted octanol–water partition coefficient (Wildman–Crippen LogP) is 3.33. The number of carbonyl (C=O) groups excluding carboxylic acids is 1. The number of rotatable bonds is 6. The van der Waals surface area contributed by atoms with E-state index in [4.69, 9.17) is 5.73 Å². The van der Waals surface area contributed by atoms with E-state index in [9.17, 15) is 4.79 Å². The molecule has 1 aliphatic heterocycles. The molecular weight excluding hydrogens is 366 g/mol. The van der Waals surface area contributed by atoms with Crippen molar-refractivity contribution in [2.75, 3.05) is 18.8 Å². The topological polar surface area (TPSA) is 58.4 Å². The van der Waals surface area contributed by atoms with Gasteiger partial charge in [0.25, 0.3) is 5.91 Å². The lowest BCUT2D eigenvalue weighted by Crippen LogP contribution is -2.73. The van der Waals surface area contributed by atoms with Crippen LogP contribution >= 0.6 is 12.6 Å². The molecule has 2 aromatic rings. The summed E-state index contributed by atoms with van der Waals surface area (Å²) in [7, 11) is 0. The second-order valence-electron chi connectivity index (χ2n) is 7.76. The van der Waals surface area contributed by atoms with Crippen LogP contribution in [-0.2, 0) is 6.42 Å². The molecule has 1 saturated heterocycles. The Hall–Kier alpha value is -1.82. The van der Waals surface area contributed by atoms with Crippen molar-refractivity contribution in [2.24, 2.45) is 5.73 Å². The summed E-state index contributed by atoms with van der Waals surface area (Å²) in [6.07, 6.45) is 2.43. The summed E-state index contributed by atoms with van der Waals surface area (Å²) >= 11 is 4.39. The third-order valence-electron chi connectivity index (χ3n) is 5.85. The minimum Gasteiger partial charge on any atom is -0.331 e. The molecule has 0 radical (unpaired) electrons. The van der Waals surface area contributed by atoms with Gasteiger partial charge in [0.15, 0.2) is 0 Å². The van der Waals surface area contributed by atoms with Gasteiger partial charge in [0.2, 0.25) is 0 Å². The van der Waals surface area contributed by atoms with Gasteiger partial charge >= 0.3 is 0 Å². The van der Waals surface area contributed by atoms with Gasteiger partial charge in [-0.05, 0) is 55.2 Å². The molecule has 4 nitrogen and oxygen atoms in total. The van der Waals surface area contributed by atoms with Gasteiger partial charge in [-0.3, -0.25) is 10.1 Å². The number of thiol groups is 1. The third kappa shape index (κ3) is 4.43. The predicted molar refractivity (Wildman–Crippen MR) is 119 cm³/mol. The first-order valence-corrected chi connectivity index (χ1v) is 10.7. The van der Waals surface area contributed by atoms with Gasteiger partial charge in [0.1, 0.15) is 0 Å². The maximum atomic E-state index is 13.5. The molecule has 1 aliphatic rings. The summed E-state index contributed by atoms with van der Waals surface area (Å²) in [5.74, 6) is 0.860. The fraction of sp³-hybridized carbons (Fsp3) is 0.435. The van der Waals surface area contributed by atoms with Crippen LogP contribution in [0.25, 0.3) is 0 Å². The third-order valence-corrected chi connectivity index (χ3v) is 6.16. The molecule has 0 bridgehead atoms. The first-order valence-electron chi connectivity index (χ1n) is 10.0. The maximum absolute atomic E-state index is 13.5. The number of hydrogen-bond acceptors (Lipinski definition) is 4. The lowest BCUT2D eigenvalue weighted by Gasteiger charge is -2.49. The molecule has 0 aromatic heterocycles. The Kier molecular flexibility index (Phi) is 6.81. The van der Waals surface area contributed by atoms with Crippen molar-refractivity contribution in [1.82, 2.24) is 10.2 Å². The van der Waals surface area contributed by atoms with E-state index in [1.54, 1.807) is 0 Å². The molecule has 3 rings (SSSR count). The maximum Gasteiger partial charge on any atom is 0.254 e. The second kappa shape index (κ2) is 9.12. The van der Waals surface area contributed by atoms with E-state index >= 15 is 0 Å². The van der Waals surface area contributed by atoms with Crippen LogP contribution < -0.4 is 11.1 Å². The molecule has 150 valence electrons. The molecule has 5 heteroatoms. The quantitative estimate of drug-likeness (QED) is 0.656. The van der Waals surface area contributed by atoms with Gasteiger partial charge in [0, 0.05) is 25.1 Å². The Labute approximate surface area is 173 Å². The van der Waals surface area contributed by atoms with Crippen molar-refractivity contribution >= 4 is 18.5 Å². The zero-order chi connectivity index (χ0) is 20.1. The zero-order valence-electron chi connectivity index (χ0n) is 16.8. The first-order chi connectivity index (χ1) is 13.5. The molecule has 3 N–H and O–H groups in total. The summed E-state index contributed by atoms with van der Waals surface area (Å²) in [6, 6.07) is 16.1. The Balaban J connectivity index is 1.92. The van der Waals surface area contributed by atoms with Gasteiger partial charge in [-0.15, -0.1) is 0 Å². The normalized spacial score (nSPS) is 22.3. The molecule has 1 fully saturated rings. The lowest BCUT2D eigenvalue weighted by molar-refractivity contribution is 0.0345. The highest BCUT2D eigenvalue weighted by molar-refractivity contribution is 7.80. The summed E-state index contributed by atoms with van der Waals surface area (Å²) in [5, 5.41) is 3.52. The Morgan fingerprint density at radius 2 is 1.96 bits per heavy atom. The van der Waals surface area contributed by atoms with Crippen LogP contribution in [0.4, 0.5) is 0 Å². The fourth-order valence-electron chi connectivity index (χ4n) is 4.15. The van der Waals surface area contributed by atoms with Crippen LogP contribution in [0.1, 0.15) is 39.9 Å². The molecule has 1 amide bonds. The van der Waals surface area contributed by atoms with Crippen molar-refractivity contribution in [3.05, 3.63) is 70.8 Å². The first kappa shape index (κ1) is 20.9. The Morgan fingerprint density at radius 1 is 1.21 bits per heavy atom. The van der Waals surface area contributed by atoms with E-state index in [1.165, 1.54) is 5.56 Å². The van der Waals surface area contributed by atoms with Gasteiger partial charge < -0.3 is 10.6 Å². The largest absolute Gasteiger partial charge is 0.331 e. The van der Waals surface area contributed by atoms with Crippen LogP contribution in [0.2, 0.25) is 0 Å². The summed E-state index contributed by atoms with van der Waals surface area (Å²) in [6.45, 7) is 5.42. The highest BCUT2D eigenvalue weighted by atomic mass is 32.1. The van der Waals surface area contributed by atoms with Crippen LogP contribution in [0, 0.1) is 13.8 Å². The van der Waals surface area contributed by atoms with Gasteiger partial charge in [-0.1, -0.05) is 42.5 Å². The van der Waals surface area contributed by atoms with Crippen LogP contribution in [0.5, 0.6) is 0 Å². The van der Waals surface area contributed by atoms with E-state index in [1.807, 2.05) is 55.1 Å². The number of benzene rings is 2. The van der Waals surface area contributed by atoms with E-state index in [0.29, 0.717) is 19.5 Å². The number of carbonyl (C=O) groups is 1. The standard InChI is InChI=1S/C23H31N3OS/c1-17-8-6-11-20(18(17)2)22(27)26-14-13-25-23(24,21(26)12-7-15-28)16-19-9-4-3-5-10-19/h3-6,8-11,21,25,28H,7,12-16,24H2,1-2H3/t21?,23-/m0/s1. The van der Waals surface area contributed by atoms with E-state index < -0.39 is 5.66 Å². The summed E-state index contributed by atoms with van der Waals surface area (Å²) in [5.41, 5.74) is 10.4. The number of nitrogens with two attached hydrogens (primary N) is 1. The Bertz CT molecular complexity index is 811. The Morgan fingerprint density at radius 3 is 2.68 bits per heavy atom. The highest BCUT2D eigenvalue weighted by Crippen LogP contribution is 2.27. The van der Waals surface area contributed by atoms with Crippen LogP contribution in [0.15, 0.2) is 48.5 Å². The molecule has 0 spiro atoms. The molecule has 1 unspecified atom stereocenters. The average molecular weight is 398 g/mol. The molecule has 1 heterocycles. The van der Waals surface area contributed by atoms with Gasteiger partial charge in [0.05, 0.1) is 11.7 Å².